The summed E-state index contributed by atoms with van der Waals surface area (Å²) < 4.78 is 0. The van der Waals surface area contributed by atoms with Gasteiger partial charge in [0.05, 0.1) is 10.5 Å². The van der Waals surface area contributed by atoms with Gasteiger partial charge in [-0.3, -0.25) is 0 Å². The molecule has 4 heteroatoms. The molecule has 0 aliphatic rings. The summed E-state index contributed by atoms with van der Waals surface area (Å²) >= 11 is 12.7. The van der Waals surface area contributed by atoms with Crippen molar-refractivity contribution in [2.75, 3.05) is 0 Å². The number of aromatic amines is 1. The molecule has 102 valence electrons. The number of aromatic nitrogens is 2. The van der Waals surface area contributed by atoms with E-state index in [1.54, 1.807) is 6.20 Å². The van der Waals surface area contributed by atoms with Crippen LogP contribution in [0.3, 0.4) is 0 Å². The molecule has 2 aromatic heterocycles. The predicted molar refractivity (Wildman–Crippen MR) is 89.1 cm³/mol. The van der Waals surface area contributed by atoms with Crippen molar-refractivity contribution in [3.8, 4) is 11.1 Å². The molecule has 4 rings (SSSR count). The lowest BCUT2D eigenvalue weighted by Gasteiger charge is -2.07. The highest BCUT2D eigenvalue weighted by molar-refractivity contribution is 6.38. The smallest absolute Gasteiger partial charge is 0.136 e. The van der Waals surface area contributed by atoms with E-state index in [2.05, 4.69) is 22.1 Å². The highest BCUT2D eigenvalue weighted by Gasteiger charge is 2.15. The Hall–Kier alpha value is -2.03. The van der Waals surface area contributed by atoms with Crippen LogP contribution in [0.15, 0.2) is 54.7 Å². The summed E-state index contributed by atoms with van der Waals surface area (Å²) in [6, 6.07) is 15.9. The lowest BCUT2D eigenvalue weighted by Crippen LogP contribution is -1.86. The lowest BCUT2D eigenvalue weighted by molar-refractivity contribution is 1.33. The van der Waals surface area contributed by atoms with Crippen molar-refractivity contribution >= 4 is 45.0 Å². The van der Waals surface area contributed by atoms with E-state index in [1.165, 1.54) is 5.39 Å². The molecule has 21 heavy (non-hydrogen) atoms. The molecule has 0 atom stereocenters. The molecule has 0 fully saturated rings. The average molecular weight is 313 g/mol. The minimum absolute atomic E-state index is 0.450. The Morgan fingerprint density at radius 3 is 2.57 bits per heavy atom. The number of rotatable bonds is 1. The Morgan fingerprint density at radius 2 is 1.71 bits per heavy atom. The van der Waals surface area contributed by atoms with Gasteiger partial charge in [0.25, 0.3) is 0 Å². The van der Waals surface area contributed by atoms with Gasteiger partial charge in [-0.05, 0) is 24.3 Å². The molecule has 0 unspecified atom stereocenters. The first-order valence-electron chi connectivity index (χ1n) is 6.55. The maximum Gasteiger partial charge on any atom is 0.136 e. The quantitative estimate of drug-likeness (QED) is 0.449. The normalized spacial score (nSPS) is 11.3. The first-order valence-corrected chi connectivity index (χ1v) is 7.31. The third-order valence-corrected chi connectivity index (χ3v) is 4.28. The van der Waals surface area contributed by atoms with Gasteiger partial charge >= 0.3 is 0 Å². The largest absolute Gasteiger partial charge is 0.354 e. The van der Waals surface area contributed by atoms with Crippen molar-refractivity contribution in [2.24, 2.45) is 0 Å². The maximum atomic E-state index is 6.43. The van der Waals surface area contributed by atoms with Gasteiger partial charge in [0.2, 0.25) is 0 Å². The van der Waals surface area contributed by atoms with Crippen LogP contribution in [-0.2, 0) is 0 Å². The molecule has 0 amide bonds. The number of para-hydroxylation sites is 1. The average Bonchev–Trinajstić information content (AvgIpc) is 2.87. The molecule has 4 aromatic rings. The van der Waals surface area contributed by atoms with E-state index in [1.807, 2.05) is 36.4 Å². The summed E-state index contributed by atoms with van der Waals surface area (Å²) in [6.45, 7) is 0. The first-order chi connectivity index (χ1) is 10.3. The van der Waals surface area contributed by atoms with E-state index in [0.29, 0.717) is 10.2 Å². The second-order valence-electron chi connectivity index (χ2n) is 4.86. The van der Waals surface area contributed by atoms with Crippen molar-refractivity contribution < 1.29 is 0 Å². The van der Waals surface area contributed by atoms with E-state index in [9.17, 15) is 0 Å². The maximum absolute atomic E-state index is 6.43. The number of pyridine rings is 1. The molecule has 2 nitrogen and oxygen atoms in total. The summed E-state index contributed by atoms with van der Waals surface area (Å²) in [5.74, 6) is 0. The molecule has 0 saturated carbocycles. The number of nitrogens with one attached hydrogen (secondary N) is 1. The second-order valence-corrected chi connectivity index (χ2v) is 5.62. The predicted octanol–water partition coefficient (Wildman–Crippen LogP) is 5.69. The number of H-pyrrole nitrogens is 1. The zero-order valence-electron chi connectivity index (χ0n) is 10.9. The van der Waals surface area contributed by atoms with Crippen molar-refractivity contribution in [3.63, 3.8) is 0 Å². The number of halogens is 2. The van der Waals surface area contributed by atoms with Crippen LogP contribution in [0.25, 0.3) is 32.9 Å². The van der Waals surface area contributed by atoms with E-state index in [0.717, 1.165) is 27.5 Å². The Balaban J connectivity index is 2.18. The standard InChI is InChI=1S/C17H10Cl2N2/c18-13-8-7-11-10-4-1-2-6-14(10)21-16(11)15(13)12-5-3-9-20-17(12)19/h1-9,21H. The summed E-state index contributed by atoms with van der Waals surface area (Å²) in [4.78, 5) is 7.59. The number of benzene rings is 2. The van der Waals surface area contributed by atoms with Gasteiger partial charge in [0.1, 0.15) is 5.15 Å². The Bertz CT molecular complexity index is 973. The molecule has 2 aromatic carbocycles. The molecular formula is C17H10Cl2N2. The summed E-state index contributed by atoms with van der Waals surface area (Å²) in [5, 5.41) is 3.41. The van der Waals surface area contributed by atoms with Crippen LogP contribution < -0.4 is 0 Å². The van der Waals surface area contributed by atoms with Crippen LogP contribution in [0.2, 0.25) is 10.2 Å². The van der Waals surface area contributed by atoms with Crippen molar-refractivity contribution in [1.29, 1.82) is 0 Å². The highest BCUT2D eigenvalue weighted by atomic mass is 35.5. The molecular weight excluding hydrogens is 303 g/mol. The minimum Gasteiger partial charge on any atom is -0.354 e. The SMILES string of the molecule is Clc1ccc2c([nH]c3ccccc32)c1-c1cccnc1Cl. The van der Waals surface area contributed by atoms with Crippen LogP contribution >= 0.6 is 23.2 Å². The molecule has 0 saturated heterocycles. The van der Waals surface area contributed by atoms with Crippen LogP contribution in [0.1, 0.15) is 0 Å². The Kier molecular flexibility index (Phi) is 2.88. The first kappa shape index (κ1) is 12.7. The van der Waals surface area contributed by atoms with Gasteiger partial charge in [-0.1, -0.05) is 47.5 Å². The fourth-order valence-corrected chi connectivity index (χ4v) is 3.20. The molecule has 0 spiro atoms. The fourth-order valence-electron chi connectivity index (χ4n) is 2.73. The zero-order chi connectivity index (χ0) is 14.4. The van der Waals surface area contributed by atoms with Gasteiger partial charge in [-0.2, -0.15) is 0 Å². The second kappa shape index (κ2) is 4.76. The fraction of sp³-hybridized carbons (Fsp3) is 0. The van der Waals surface area contributed by atoms with Crippen molar-refractivity contribution in [1.82, 2.24) is 9.97 Å². The van der Waals surface area contributed by atoms with E-state index >= 15 is 0 Å². The van der Waals surface area contributed by atoms with Crippen molar-refractivity contribution in [3.05, 3.63) is 64.9 Å². The Labute approximate surface area is 131 Å². The van der Waals surface area contributed by atoms with Gasteiger partial charge in [0.15, 0.2) is 0 Å². The van der Waals surface area contributed by atoms with Gasteiger partial charge in [-0.15, -0.1) is 0 Å². The molecule has 0 aliphatic heterocycles. The van der Waals surface area contributed by atoms with E-state index in [-0.39, 0.29) is 0 Å². The summed E-state index contributed by atoms with van der Waals surface area (Å²) in [6.07, 6.45) is 1.67. The zero-order valence-corrected chi connectivity index (χ0v) is 12.4. The number of hydrogen-bond acceptors (Lipinski definition) is 1. The Morgan fingerprint density at radius 1 is 0.857 bits per heavy atom. The van der Waals surface area contributed by atoms with Gasteiger partial charge in [-0.25, -0.2) is 4.98 Å². The van der Waals surface area contributed by atoms with Crippen molar-refractivity contribution in [2.45, 2.75) is 0 Å². The summed E-state index contributed by atoms with van der Waals surface area (Å²) in [5.41, 5.74) is 3.79. The molecule has 2 heterocycles. The van der Waals surface area contributed by atoms with Crippen LogP contribution in [0.4, 0.5) is 0 Å². The number of fused-ring (bicyclic) bond motifs is 3. The van der Waals surface area contributed by atoms with Crippen LogP contribution in [-0.4, -0.2) is 9.97 Å². The highest BCUT2D eigenvalue weighted by Crippen LogP contribution is 2.39. The van der Waals surface area contributed by atoms with Gasteiger partial charge < -0.3 is 4.98 Å². The number of hydrogen-bond donors (Lipinski definition) is 1. The van der Waals surface area contributed by atoms with Crippen LogP contribution in [0.5, 0.6) is 0 Å². The third-order valence-electron chi connectivity index (χ3n) is 3.66. The topological polar surface area (TPSA) is 28.7 Å². The summed E-state index contributed by atoms with van der Waals surface area (Å²) in [7, 11) is 0. The molecule has 0 radical (unpaired) electrons. The third kappa shape index (κ3) is 1.91. The molecule has 0 bridgehead atoms. The van der Waals surface area contributed by atoms with Crippen LogP contribution in [0, 0.1) is 0 Å². The lowest BCUT2D eigenvalue weighted by atomic mass is 10.0. The van der Waals surface area contributed by atoms with E-state index in [4.69, 9.17) is 23.2 Å². The molecule has 0 aliphatic carbocycles. The molecule has 1 N–H and O–H groups in total. The minimum atomic E-state index is 0.450. The van der Waals surface area contributed by atoms with E-state index < -0.39 is 0 Å². The van der Waals surface area contributed by atoms with Gasteiger partial charge in [0, 0.05) is 33.6 Å². The monoisotopic (exact) mass is 312 g/mol. The number of nitrogens with zero attached hydrogens (tertiary/aromatic N) is 1.